The van der Waals surface area contributed by atoms with Gasteiger partial charge < -0.3 is 4.74 Å². The van der Waals surface area contributed by atoms with Crippen molar-refractivity contribution in [3.8, 4) is 17.2 Å². The van der Waals surface area contributed by atoms with E-state index in [1.807, 2.05) is 12.1 Å². The lowest BCUT2D eigenvalue weighted by atomic mass is 10.0. The van der Waals surface area contributed by atoms with Gasteiger partial charge in [0.25, 0.3) is 0 Å². The van der Waals surface area contributed by atoms with Crippen LogP contribution in [0.3, 0.4) is 0 Å². The Kier molecular flexibility index (Phi) is 9.26. The molecule has 1 aromatic carbocycles. The lowest BCUT2D eigenvalue weighted by molar-refractivity contribution is 0.415. The Bertz CT molecular complexity index is 592. The van der Waals surface area contributed by atoms with Gasteiger partial charge in [-0.15, -0.1) is 5.54 Å². The Morgan fingerprint density at radius 2 is 1.79 bits per heavy atom. The minimum Gasteiger partial charge on any atom is -0.497 e. The summed E-state index contributed by atoms with van der Waals surface area (Å²) >= 11 is 0. The molecule has 24 heavy (non-hydrogen) atoms. The van der Waals surface area contributed by atoms with Gasteiger partial charge in [-0.1, -0.05) is 69.6 Å². The predicted octanol–water partition coefficient (Wildman–Crippen LogP) is 6.49. The van der Waals surface area contributed by atoms with Gasteiger partial charge in [-0.25, -0.2) is 0 Å². The van der Waals surface area contributed by atoms with E-state index in [4.69, 9.17) is 4.74 Å². The molecule has 0 aliphatic heterocycles. The first-order valence-corrected chi connectivity index (χ1v) is 12.5. The van der Waals surface area contributed by atoms with Crippen LogP contribution in [-0.4, -0.2) is 15.2 Å². The molecule has 0 unspecified atom stereocenters. The van der Waals surface area contributed by atoms with E-state index in [-0.39, 0.29) is 0 Å². The molecule has 0 radical (unpaired) electrons. The molecule has 0 fully saturated rings. The molecule has 1 rings (SSSR count). The fourth-order valence-corrected chi connectivity index (χ4v) is 2.75. The number of benzene rings is 1. The Labute approximate surface area is 149 Å². The molecule has 0 aliphatic carbocycles. The lowest BCUT2D eigenvalue weighted by Crippen LogP contribution is -2.16. The van der Waals surface area contributed by atoms with Gasteiger partial charge in [-0.05, 0) is 48.6 Å². The zero-order valence-corrected chi connectivity index (χ0v) is 17.0. The Hall–Kier alpha value is -1.72. The van der Waals surface area contributed by atoms with E-state index in [9.17, 15) is 0 Å². The van der Waals surface area contributed by atoms with Crippen LogP contribution in [0.5, 0.6) is 5.75 Å². The van der Waals surface area contributed by atoms with E-state index in [0.29, 0.717) is 0 Å². The summed E-state index contributed by atoms with van der Waals surface area (Å²) in [5.41, 5.74) is 5.92. The lowest BCUT2D eigenvalue weighted by Gasteiger charge is -2.06. The van der Waals surface area contributed by atoms with Gasteiger partial charge in [0.15, 0.2) is 0 Å². The van der Waals surface area contributed by atoms with E-state index in [1.165, 1.54) is 36.8 Å². The molecular weight excluding hydrogens is 308 g/mol. The monoisotopic (exact) mass is 340 g/mol. The molecule has 0 N–H and O–H groups in total. The third-order valence-electron chi connectivity index (χ3n) is 3.63. The summed E-state index contributed by atoms with van der Waals surface area (Å²) in [6.07, 6.45) is 12.6. The molecule has 0 aromatic heterocycles. The zero-order chi connectivity index (χ0) is 17.8. The number of ether oxygens (including phenoxy) is 1. The van der Waals surface area contributed by atoms with E-state index < -0.39 is 8.07 Å². The molecule has 0 saturated heterocycles. The summed E-state index contributed by atoms with van der Waals surface area (Å²) in [4.78, 5) is 0. The standard InChI is InChI=1S/C22H32OSi/c1-6-7-8-9-10-11-13-20(14-12-19-24(3,4)5)21-15-17-22(23-2)18-16-21/h10-11,14-18H,6-9,13H2,1-5H3/b11-10+,20-14-. The number of allylic oxidation sites excluding steroid dienone is 4. The van der Waals surface area contributed by atoms with Gasteiger partial charge in [0, 0.05) is 0 Å². The maximum atomic E-state index is 5.25. The Balaban J connectivity index is 2.85. The van der Waals surface area contributed by atoms with Crippen LogP contribution in [-0.2, 0) is 0 Å². The van der Waals surface area contributed by atoms with Crippen LogP contribution in [0.15, 0.2) is 42.5 Å². The Morgan fingerprint density at radius 1 is 1.08 bits per heavy atom. The van der Waals surface area contributed by atoms with Crippen molar-refractivity contribution in [1.29, 1.82) is 0 Å². The molecule has 0 spiro atoms. The molecule has 130 valence electrons. The first-order valence-electron chi connectivity index (χ1n) is 8.97. The van der Waals surface area contributed by atoms with Crippen molar-refractivity contribution in [1.82, 2.24) is 0 Å². The maximum Gasteiger partial charge on any atom is 0.129 e. The normalized spacial score (nSPS) is 12.1. The van der Waals surface area contributed by atoms with Crippen LogP contribution in [0.25, 0.3) is 5.57 Å². The van der Waals surface area contributed by atoms with Crippen molar-refractivity contribution in [2.24, 2.45) is 0 Å². The topological polar surface area (TPSA) is 9.23 Å². The zero-order valence-electron chi connectivity index (χ0n) is 16.0. The second kappa shape index (κ2) is 10.9. The Morgan fingerprint density at radius 3 is 2.38 bits per heavy atom. The summed E-state index contributed by atoms with van der Waals surface area (Å²) in [7, 11) is 0.362. The number of hydrogen-bond acceptors (Lipinski definition) is 1. The summed E-state index contributed by atoms with van der Waals surface area (Å²) < 4.78 is 5.25. The minimum absolute atomic E-state index is 0.890. The van der Waals surface area contributed by atoms with Crippen molar-refractivity contribution < 1.29 is 4.74 Å². The molecule has 0 amide bonds. The summed E-state index contributed by atoms with van der Waals surface area (Å²) in [5.74, 6) is 4.19. The van der Waals surface area contributed by atoms with Crippen molar-refractivity contribution in [3.05, 3.63) is 48.1 Å². The van der Waals surface area contributed by atoms with Crippen molar-refractivity contribution in [2.45, 2.75) is 58.7 Å². The SMILES string of the molecule is CCCCC/C=C/C/C(=C/C#C[Si](C)(C)C)c1ccc(OC)cc1. The molecule has 0 saturated carbocycles. The van der Waals surface area contributed by atoms with Gasteiger partial charge >= 0.3 is 0 Å². The third kappa shape index (κ3) is 8.79. The second-order valence-corrected chi connectivity index (χ2v) is 11.8. The highest BCUT2D eigenvalue weighted by atomic mass is 28.3. The van der Waals surface area contributed by atoms with Gasteiger partial charge in [0.05, 0.1) is 7.11 Å². The van der Waals surface area contributed by atoms with Crippen LogP contribution >= 0.6 is 0 Å². The second-order valence-electron chi connectivity index (χ2n) is 7.09. The van der Waals surface area contributed by atoms with E-state index >= 15 is 0 Å². The van der Waals surface area contributed by atoms with Crippen LogP contribution in [0.1, 0.15) is 44.6 Å². The molecule has 1 nitrogen and oxygen atoms in total. The third-order valence-corrected chi connectivity index (χ3v) is 4.53. The fourth-order valence-electron chi connectivity index (χ4n) is 2.25. The summed E-state index contributed by atoms with van der Waals surface area (Å²) in [6, 6.07) is 8.26. The fraction of sp³-hybridized carbons (Fsp3) is 0.455. The predicted molar refractivity (Wildman–Crippen MR) is 110 cm³/mol. The average molecular weight is 341 g/mol. The number of unbranched alkanes of at least 4 members (excludes halogenated alkanes) is 3. The molecular formula is C22H32OSi. The molecule has 0 aliphatic rings. The summed E-state index contributed by atoms with van der Waals surface area (Å²) in [6.45, 7) is 9.06. The highest BCUT2D eigenvalue weighted by Crippen LogP contribution is 2.22. The van der Waals surface area contributed by atoms with Crippen LogP contribution < -0.4 is 4.74 Å². The van der Waals surface area contributed by atoms with Crippen LogP contribution in [0.4, 0.5) is 0 Å². The van der Waals surface area contributed by atoms with Gasteiger partial charge in [0.2, 0.25) is 0 Å². The highest BCUT2D eigenvalue weighted by Gasteiger charge is 2.07. The van der Waals surface area contributed by atoms with Crippen molar-refractivity contribution in [2.75, 3.05) is 7.11 Å². The van der Waals surface area contributed by atoms with Crippen molar-refractivity contribution in [3.63, 3.8) is 0 Å². The summed E-state index contributed by atoms with van der Waals surface area (Å²) in [5, 5.41) is 0. The quantitative estimate of drug-likeness (QED) is 0.227. The highest BCUT2D eigenvalue weighted by molar-refractivity contribution is 6.83. The molecule has 0 bridgehead atoms. The van der Waals surface area contributed by atoms with Crippen LogP contribution in [0.2, 0.25) is 19.6 Å². The van der Waals surface area contributed by atoms with E-state index in [2.05, 4.69) is 68.4 Å². The molecule has 0 atom stereocenters. The first kappa shape index (κ1) is 20.3. The maximum absolute atomic E-state index is 5.25. The smallest absolute Gasteiger partial charge is 0.129 e. The number of hydrogen-bond donors (Lipinski definition) is 0. The van der Waals surface area contributed by atoms with Crippen molar-refractivity contribution >= 4 is 13.6 Å². The number of rotatable bonds is 8. The van der Waals surface area contributed by atoms with E-state index in [1.54, 1.807) is 7.11 Å². The molecule has 0 heterocycles. The molecule has 1 aromatic rings. The minimum atomic E-state index is -1.34. The van der Waals surface area contributed by atoms with Gasteiger partial charge in [0.1, 0.15) is 13.8 Å². The first-order chi connectivity index (χ1) is 11.5. The van der Waals surface area contributed by atoms with E-state index in [0.717, 1.165) is 12.2 Å². The van der Waals surface area contributed by atoms with Gasteiger partial charge in [-0.2, -0.15) is 0 Å². The average Bonchev–Trinajstić information content (AvgIpc) is 2.55. The number of methoxy groups -OCH3 is 1. The largest absolute Gasteiger partial charge is 0.497 e. The van der Waals surface area contributed by atoms with Crippen LogP contribution in [0, 0.1) is 11.5 Å². The molecule has 2 heteroatoms. The van der Waals surface area contributed by atoms with Gasteiger partial charge in [-0.3, -0.25) is 0 Å².